The monoisotopic (exact) mass is 570 g/mol. The molecule has 3 heterocycles. The number of likely N-dealkylation sites (tertiary alicyclic amines) is 1. The van der Waals surface area contributed by atoms with Gasteiger partial charge in [-0.05, 0) is 69.6 Å². The van der Waals surface area contributed by atoms with Crippen LogP contribution in [0.5, 0.6) is 0 Å². The molecule has 0 spiro atoms. The Bertz CT molecular complexity index is 1300. The van der Waals surface area contributed by atoms with Crippen LogP contribution in [0.1, 0.15) is 80.6 Å². The van der Waals surface area contributed by atoms with Crippen LogP contribution in [-0.2, 0) is 0 Å². The average Bonchev–Trinajstić information content (AvgIpc) is 3.60. The van der Waals surface area contributed by atoms with Gasteiger partial charge in [0.1, 0.15) is 0 Å². The largest absolute Gasteiger partial charge is 0.365 e. The smallest absolute Gasteiger partial charge is 0.253 e. The molecule has 4 N–H and O–H groups in total. The van der Waals surface area contributed by atoms with E-state index in [4.69, 9.17) is 43.9 Å². The van der Waals surface area contributed by atoms with Gasteiger partial charge in [-0.25, -0.2) is 4.98 Å². The van der Waals surface area contributed by atoms with Crippen molar-refractivity contribution in [2.45, 2.75) is 88.4 Å². The lowest BCUT2D eigenvalue weighted by Crippen LogP contribution is -2.42. The van der Waals surface area contributed by atoms with Crippen molar-refractivity contribution in [1.29, 1.82) is 0 Å². The molecule has 2 aliphatic carbocycles. The Hall–Kier alpha value is -2.62. The van der Waals surface area contributed by atoms with Gasteiger partial charge in [0.05, 0.1) is 6.33 Å². The lowest BCUT2D eigenvalue weighted by Gasteiger charge is -2.33. The molecule has 3 aliphatic rings. The van der Waals surface area contributed by atoms with Crippen LogP contribution in [0, 0.1) is 0 Å². The maximum Gasteiger partial charge on any atom is 0.253 e. The summed E-state index contributed by atoms with van der Waals surface area (Å²) in [4.78, 5) is 29.6. The summed E-state index contributed by atoms with van der Waals surface area (Å²) in [5.74, 6) is 1.37. The topological polar surface area (TPSA) is 114 Å². The molecule has 0 bridgehead atoms. The number of nitrogens with zero attached hydrogens (tertiary/aromatic N) is 5. The molecule has 39 heavy (non-hydrogen) atoms. The molecule has 1 saturated heterocycles. The number of rotatable bonds is 6. The van der Waals surface area contributed by atoms with Crippen LogP contribution in [0.4, 0.5) is 11.8 Å². The third-order valence-electron chi connectivity index (χ3n) is 8.48. The van der Waals surface area contributed by atoms with Gasteiger partial charge in [0, 0.05) is 52.9 Å². The van der Waals surface area contributed by atoms with Crippen molar-refractivity contribution in [2.75, 3.05) is 23.7 Å². The first-order chi connectivity index (χ1) is 18.9. The molecule has 6 rings (SSSR count). The maximum absolute atomic E-state index is 13.1. The summed E-state index contributed by atoms with van der Waals surface area (Å²) in [6, 6.07) is 6.21. The molecule has 2 saturated carbocycles. The molecule has 1 aliphatic heterocycles. The summed E-state index contributed by atoms with van der Waals surface area (Å²) in [5.41, 5.74) is 8.35. The van der Waals surface area contributed by atoms with Crippen molar-refractivity contribution in [1.82, 2.24) is 24.4 Å². The maximum atomic E-state index is 13.1. The molecule has 0 unspecified atom stereocenters. The molecule has 3 aromatic rings. The number of amides is 1. The predicted molar refractivity (Wildman–Crippen MR) is 156 cm³/mol. The van der Waals surface area contributed by atoms with Crippen molar-refractivity contribution in [2.24, 2.45) is 5.73 Å². The van der Waals surface area contributed by atoms with Gasteiger partial charge in [0.25, 0.3) is 5.91 Å². The van der Waals surface area contributed by atoms with Crippen LogP contribution >= 0.6 is 23.2 Å². The number of hydrogen-bond acceptors (Lipinski definition) is 7. The summed E-state index contributed by atoms with van der Waals surface area (Å²) < 4.78 is 2.24. The second kappa shape index (κ2) is 11.5. The normalized spacial score (nSPS) is 22.9. The van der Waals surface area contributed by atoms with Crippen molar-refractivity contribution in [3.63, 3.8) is 0 Å². The fourth-order valence-corrected chi connectivity index (χ4v) is 6.78. The first kappa shape index (κ1) is 26.6. The van der Waals surface area contributed by atoms with E-state index in [-0.39, 0.29) is 11.9 Å². The fourth-order valence-electron chi connectivity index (χ4n) is 6.26. The van der Waals surface area contributed by atoms with Gasteiger partial charge in [0.15, 0.2) is 17.0 Å². The molecule has 0 atom stereocenters. The number of halogens is 2. The highest BCUT2D eigenvalue weighted by Crippen LogP contribution is 2.34. The van der Waals surface area contributed by atoms with Crippen molar-refractivity contribution < 1.29 is 4.79 Å². The second-order valence-electron chi connectivity index (χ2n) is 11.3. The number of fused-ring (bicyclic) bond motifs is 1. The molecule has 208 valence electrons. The number of piperidine rings is 1. The number of benzene rings is 1. The summed E-state index contributed by atoms with van der Waals surface area (Å²) in [7, 11) is 0. The Kier molecular flexibility index (Phi) is 7.82. The van der Waals surface area contributed by atoms with Gasteiger partial charge < -0.3 is 25.8 Å². The fraction of sp³-hybridized carbons (Fsp3) is 0.571. The molecule has 2 aromatic heterocycles. The third kappa shape index (κ3) is 5.95. The van der Waals surface area contributed by atoms with E-state index < -0.39 is 0 Å². The van der Waals surface area contributed by atoms with E-state index in [1.165, 1.54) is 12.8 Å². The number of aromatic nitrogens is 4. The highest BCUT2D eigenvalue weighted by molar-refractivity contribution is 6.35. The second-order valence-corrected chi connectivity index (χ2v) is 12.2. The number of nitrogens with two attached hydrogens (primary N) is 1. The summed E-state index contributed by atoms with van der Waals surface area (Å²) in [6.07, 6.45) is 12.4. The van der Waals surface area contributed by atoms with Crippen LogP contribution in [0.25, 0.3) is 11.2 Å². The average molecular weight is 572 g/mol. The first-order valence-electron chi connectivity index (χ1n) is 14.2. The zero-order valence-electron chi connectivity index (χ0n) is 22.1. The van der Waals surface area contributed by atoms with Crippen molar-refractivity contribution in [3.05, 3.63) is 40.1 Å². The number of carbonyl (C=O) groups is 1. The van der Waals surface area contributed by atoms with Crippen LogP contribution < -0.4 is 16.4 Å². The summed E-state index contributed by atoms with van der Waals surface area (Å²) in [5, 5.41) is 8.19. The van der Waals surface area contributed by atoms with Gasteiger partial charge >= 0.3 is 0 Å². The lowest BCUT2D eigenvalue weighted by molar-refractivity contribution is 0.0718. The van der Waals surface area contributed by atoms with E-state index in [0.29, 0.717) is 52.8 Å². The van der Waals surface area contributed by atoms with Crippen LogP contribution in [-0.4, -0.2) is 61.5 Å². The van der Waals surface area contributed by atoms with Gasteiger partial charge in [-0.2, -0.15) is 9.97 Å². The van der Waals surface area contributed by atoms with E-state index in [1.54, 1.807) is 18.2 Å². The van der Waals surface area contributed by atoms with E-state index in [2.05, 4.69) is 15.2 Å². The number of hydrogen-bond donors (Lipinski definition) is 3. The summed E-state index contributed by atoms with van der Waals surface area (Å²) in [6.45, 7) is 1.28. The summed E-state index contributed by atoms with van der Waals surface area (Å²) >= 11 is 12.2. The Morgan fingerprint density at radius 3 is 2.23 bits per heavy atom. The Morgan fingerprint density at radius 1 is 0.872 bits per heavy atom. The minimum Gasteiger partial charge on any atom is -0.365 e. The number of carbonyl (C=O) groups excluding carboxylic acids is 1. The quantitative estimate of drug-likeness (QED) is 0.351. The van der Waals surface area contributed by atoms with Gasteiger partial charge in [-0.3, -0.25) is 4.79 Å². The molecular formula is C28H36Cl2N8O. The molecule has 3 fully saturated rings. The zero-order valence-corrected chi connectivity index (χ0v) is 23.6. The van der Waals surface area contributed by atoms with Crippen molar-refractivity contribution >= 4 is 52.0 Å². The van der Waals surface area contributed by atoms with E-state index in [9.17, 15) is 4.79 Å². The highest BCUT2D eigenvalue weighted by atomic mass is 35.5. The minimum absolute atomic E-state index is 0.0451. The predicted octanol–water partition coefficient (Wildman–Crippen LogP) is 5.65. The standard InChI is InChI=1S/C28H36Cl2N8O/c29-18-13-17(14-19(30)15-18)27(39)37-11-9-22(10-12-37)33-25-24-26(38(16-32-24)23-3-1-2-4-23)36-28(35-25)34-21-7-5-20(31)6-8-21/h13-16,20-23H,1-12,31H2,(H2,33,34,35,36). The van der Waals surface area contributed by atoms with Gasteiger partial charge in [-0.15, -0.1) is 0 Å². The number of imidazole rings is 1. The van der Waals surface area contributed by atoms with E-state index in [1.807, 2.05) is 11.2 Å². The molecule has 1 aromatic carbocycles. The van der Waals surface area contributed by atoms with Crippen LogP contribution in [0.15, 0.2) is 24.5 Å². The Balaban J connectivity index is 1.19. The molecule has 0 radical (unpaired) electrons. The highest BCUT2D eigenvalue weighted by Gasteiger charge is 2.27. The molecule has 1 amide bonds. The Morgan fingerprint density at radius 2 is 1.54 bits per heavy atom. The minimum atomic E-state index is -0.0451. The third-order valence-corrected chi connectivity index (χ3v) is 8.91. The molecule has 9 nitrogen and oxygen atoms in total. The Labute approximate surface area is 238 Å². The van der Waals surface area contributed by atoms with Gasteiger partial charge in [0.2, 0.25) is 5.95 Å². The number of nitrogens with one attached hydrogen (secondary N) is 2. The molecule has 11 heteroatoms. The van der Waals surface area contributed by atoms with Crippen molar-refractivity contribution in [3.8, 4) is 0 Å². The molecular weight excluding hydrogens is 535 g/mol. The van der Waals surface area contributed by atoms with Crippen LogP contribution in [0.3, 0.4) is 0 Å². The van der Waals surface area contributed by atoms with E-state index in [0.717, 1.165) is 68.3 Å². The van der Waals surface area contributed by atoms with Gasteiger partial charge in [-0.1, -0.05) is 36.0 Å². The van der Waals surface area contributed by atoms with E-state index >= 15 is 0 Å². The first-order valence-corrected chi connectivity index (χ1v) is 15.0. The van der Waals surface area contributed by atoms with Crippen LogP contribution in [0.2, 0.25) is 10.0 Å². The number of anilines is 2. The lowest BCUT2D eigenvalue weighted by atomic mass is 9.92. The SMILES string of the molecule is NC1CCC(Nc2nc(NC3CCN(C(=O)c4cc(Cl)cc(Cl)c4)CC3)c3ncn(C4CCCC4)c3n2)CC1. The zero-order chi connectivity index (χ0) is 26.9.